The van der Waals surface area contributed by atoms with Crippen LogP contribution in [0.15, 0.2) is 72.9 Å². The zero-order valence-corrected chi connectivity index (χ0v) is 16.5. The van der Waals surface area contributed by atoms with Crippen LogP contribution >= 0.6 is 0 Å². The highest BCUT2D eigenvalue weighted by molar-refractivity contribution is 5.78. The Hall–Kier alpha value is -3.24. The van der Waals surface area contributed by atoms with Gasteiger partial charge >= 0.3 is 0 Å². The second kappa shape index (κ2) is 7.64. The molecule has 0 saturated heterocycles. The van der Waals surface area contributed by atoms with Gasteiger partial charge in [-0.25, -0.2) is 4.98 Å². The average Bonchev–Trinajstić information content (AvgIpc) is 3.21. The summed E-state index contributed by atoms with van der Waals surface area (Å²) in [5.41, 5.74) is 7.27. The SMILES string of the molecule is COc1ncccc1-c1cccc2c1CN(CCc1ccc3ccccc3n1)C2. The van der Waals surface area contributed by atoms with E-state index in [-0.39, 0.29) is 0 Å². The Bertz CT molecular complexity index is 1170. The number of pyridine rings is 2. The van der Waals surface area contributed by atoms with Gasteiger partial charge in [0.05, 0.1) is 12.6 Å². The van der Waals surface area contributed by atoms with Gasteiger partial charge in [-0.15, -0.1) is 0 Å². The number of fused-ring (bicyclic) bond motifs is 2. The van der Waals surface area contributed by atoms with E-state index in [9.17, 15) is 0 Å². The first-order valence-corrected chi connectivity index (χ1v) is 9.99. The van der Waals surface area contributed by atoms with Gasteiger partial charge in [-0.1, -0.05) is 42.5 Å². The van der Waals surface area contributed by atoms with Crippen LogP contribution in [0, 0.1) is 0 Å². The smallest absolute Gasteiger partial charge is 0.221 e. The lowest BCUT2D eigenvalue weighted by molar-refractivity contribution is 0.287. The number of nitrogens with zero attached hydrogens (tertiary/aromatic N) is 3. The molecular formula is C25H23N3O. The molecule has 4 nitrogen and oxygen atoms in total. The van der Waals surface area contributed by atoms with E-state index in [0.29, 0.717) is 5.88 Å². The van der Waals surface area contributed by atoms with Crippen LogP contribution in [0.2, 0.25) is 0 Å². The lowest BCUT2D eigenvalue weighted by atomic mass is 9.98. The van der Waals surface area contributed by atoms with Crippen molar-refractivity contribution >= 4 is 10.9 Å². The summed E-state index contributed by atoms with van der Waals surface area (Å²) < 4.78 is 5.49. The summed E-state index contributed by atoms with van der Waals surface area (Å²) in [6.45, 7) is 2.90. The van der Waals surface area contributed by atoms with Crippen molar-refractivity contribution in [3.63, 3.8) is 0 Å². The first-order valence-electron chi connectivity index (χ1n) is 9.99. The predicted octanol–water partition coefficient (Wildman–Crippen LogP) is 4.86. The van der Waals surface area contributed by atoms with E-state index in [1.165, 1.54) is 22.1 Å². The number of para-hydroxylation sites is 1. The molecular weight excluding hydrogens is 358 g/mol. The van der Waals surface area contributed by atoms with Gasteiger partial charge in [-0.3, -0.25) is 9.88 Å². The fraction of sp³-hybridized carbons (Fsp3) is 0.200. The summed E-state index contributed by atoms with van der Waals surface area (Å²) in [6, 6.07) is 23.2. The molecule has 0 aliphatic carbocycles. The van der Waals surface area contributed by atoms with Gasteiger partial charge in [-0.05, 0) is 41.0 Å². The number of aromatic nitrogens is 2. The molecule has 2 aromatic heterocycles. The largest absolute Gasteiger partial charge is 0.481 e. The molecule has 3 heterocycles. The van der Waals surface area contributed by atoms with Gasteiger partial charge in [0.15, 0.2) is 0 Å². The first-order chi connectivity index (χ1) is 14.3. The Morgan fingerprint density at radius 3 is 2.72 bits per heavy atom. The van der Waals surface area contributed by atoms with Crippen molar-refractivity contribution < 1.29 is 4.74 Å². The second-order valence-corrected chi connectivity index (χ2v) is 7.46. The minimum absolute atomic E-state index is 0.680. The van der Waals surface area contributed by atoms with Crippen LogP contribution in [0.25, 0.3) is 22.0 Å². The molecule has 2 aromatic carbocycles. The second-order valence-electron chi connectivity index (χ2n) is 7.46. The number of benzene rings is 2. The predicted molar refractivity (Wildman–Crippen MR) is 116 cm³/mol. The minimum atomic E-state index is 0.680. The maximum atomic E-state index is 5.49. The molecule has 0 fully saturated rings. The van der Waals surface area contributed by atoms with Crippen molar-refractivity contribution in [1.29, 1.82) is 0 Å². The van der Waals surface area contributed by atoms with E-state index in [4.69, 9.17) is 9.72 Å². The lowest BCUT2D eigenvalue weighted by Crippen LogP contribution is -2.19. The van der Waals surface area contributed by atoms with Gasteiger partial charge in [0, 0.05) is 48.9 Å². The summed E-state index contributed by atoms with van der Waals surface area (Å²) >= 11 is 0. The third kappa shape index (κ3) is 3.47. The molecule has 4 heteroatoms. The van der Waals surface area contributed by atoms with Gasteiger partial charge in [0.2, 0.25) is 5.88 Å². The Kier molecular flexibility index (Phi) is 4.70. The van der Waals surface area contributed by atoms with Crippen molar-refractivity contribution in [3.8, 4) is 17.0 Å². The highest BCUT2D eigenvalue weighted by Crippen LogP contribution is 2.36. The molecule has 29 heavy (non-hydrogen) atoms. The molecule has 4 aromatic rings. The summed E-state index contributed by atoms with van der Waals surface area (Å²) in [5, 5.41) is 1.19. The molecule has 0 unspecified atom stereocenters. The summed E-state index contributed by atoms with van der Waals surface area (Å²) in [4.78, 5) is 11.7. The maximum Gasteiger partial charge on any atom is 0.221 e. The molecule has 1 aliphatic rings. The van der Waals surface area contributed by atoms with Crippen LogP contribution in [0.5, 0.6) is 5.88 Å². The zero-order chi connectivity index (χ0) is 19.6. The molecule has 144 valence electrons. The summed E-state index contributed by atoms with van der Waals surface area (Å²) in [5.74, 6) is 0.680. The Balaban J connectivity index is 1.35. The monoisotopic (exact) mass is 381 g/mol. The van der Waals surface area contributed by atoms with Crippen molar-refractivity contribution in [2.45, 2.75) is 19.5 Å². The van der Waals surface area contributed by atoms with Crippen molar-refractivity contribution in [1.82, 2.24) is 14.9 Å². The lowest BCUT2D eigenvalue weighted by Gasteiger charge is -2.15. The normalized spacial score (nSPS) is 13.6. The van der Waals surface area contributed by atoms with Crippen LogP contribution < -0.4 is 4.74 Å². The van der Waals surface area contributed by atoms with E-state index < -0.39 is 0 Å². The Labute approximate surface area is 170 Å². The average molecular weight is 381 g/mol. The third-order valence-electron chi connectivity index (χ3n) is 5.64. The summed E-state index contributed by atoms with van der Waals surface area (Å²) in [6.07, 6.45) is 2.72. The highest BCUT2D eigenvalue weighted by Gasteiger charge is 2.23. The van der Waals surface area contributed by atoms with Gasteiger partial charge in [-0.2, -0.15) is 0 Å². The molecule has 0 N–H and O–H groups in total. The van der Waals surface area contributed by atoms with Crippen molar-refractivity contribution in [2.75, 3.05) is 13.7 Å². The molecule has 0 saturated carbocycles. The van der Waals surface area contributed by atoms with E-state index in [0.717, 1.165) is 42.8 Å². The van der Waals surface area contributed by atoms with Crippen LogP contribution in [0.1, 0.15) is 16.8 Å². The molecule has 1 aliphatic heterocycles. The van der Waals surface area contributed by atoms with E-state index in [1.807, 2.05) is 12.1 Å². The standard InChI is InChI=1S/C25H23N3O/c1-29-25-22(9-5-14-26-25)21-8-4-7-19-16-28(17-23(19)21)15-13-20-12-11-18-6-2-3-10-24(18)27-20/h2-12,14H,13,15-17H2,1H3. The quantitative estimate of drug-likeness (QED) is 0.495. The zero-order valence-electron chi connectivity index (χ0n) is 16.5. The number of hydrogen-bond acceptors (Lipinski definition) is 4. The molecule has 0 bridgehead atoms. The number of hydrogen-bond donors (Lipinski definition) is 0. The van der Waals surface area contributed by atoms with Crippen molar-refractivity contribution in [3.05, 3.63) is 89.7 Å². The minimum Gasteiger partial charge on any atom is -0.481 e. The fourth-order valence-electron chi connectivity index (χ4n) is 4.18. The first kappa shape index (κ1) is 17.8. The van der Waals surface area contributed by atoms with Crippen LogP contribution in [0.4, 0.5) is 0 Å². The molecule has 5 rings (SSSR count). The Morgan fingerprint density at radius 2 is 1.79 bits per heavy atom. The third-order valence-corrected chi connectivity index (χ3v) is 5.64. The molecule has 0 spiro atoms. The van der Waals surface area contributed by atoms with Gasteiger partial charge < -0.3 is 4.74 Å². The van der Waals surface area contributed by atoms with Gasteiger partial charge in [0.25, 0.3) is 0 Å². The fourth-order valence-corrected chi connectivity index (χ4v) is 4.18. The molecule has 0 amide bonds. The van der Waals surface area contributed by atoms with Gasteiger partial charge in [0.1, 0.15) is 0 Å². The van der Waals surface area contributed by atoms with Crippen LogP contribution in [-0.2, 0) is 19.5 Å². The van der Waals surface area contributed by atoms with E-state index in [1.54, 1.807) is 13.3 Å². The highest BCUT2D eigenvalue weighted by atomic mass is 16.5. The number of rotatable bonds is 5. The topological polar surface area (TPSA) is 38.2 Å². The maximum absolute atomic E-state index is 5.49. The van der Waals surface area contributed by atoms with Crippen molar-refractivity contribution in [2.24, 2.45) is 0 Å². The van der Waals surface area contributed by atoms with E-state index in [2.05, 4.69) is 64.5 Å². The van der Waals surface area contributed by atoms with Crippen LogP contribution in [-0.4, -0.2) is 28.5 Å². The number of ether oxygens (including phenoxy) is 1. The van der Waals surface area contributed by atoms with E-state index >= 15 is 0 Å². The summed E-state index contributed by atoms with van der Waals surface area (Å²) in [7, 11) is 1.68. The molecule has 0 radical (unpaired) electrons. The number of methoxy groups -OCH3 is 1. The molecule has 0 atom stereocenters. The Morgan fingerprint density at radius 1 is 0.897 bits per heavy atom. The van der Waals surface area contributed by atoms with Crippen LogP contribution in [0.3, 0.4) is 0 Å².